The molecule has 0 aromatic heterocycles. The van der Waals surface area contributed by atoms with Crippen LogP contribution in [-0.2, 0) is 6.42 Å². The van der Waals surface area contributed by atoms with Gasteiger partial charge in [0.15, 0.2) is 5.78 Å². The first kappa shape index (κ1) is 13.3. The number of fused-ring (bicyclic) bond motifs is 1. The molecule has 2 atom stereocenters. The average Bonchev–Trinajstić information content (AvgIpc) is 2.79. The molecule has 106 valence electrons. The Balaban J connectivity index is 1.91. The van der Waals surface area contributed by atoms with E-state index in [1.54, 1.807) is 0 Å². The normalized spacial score (nSPS) is 25.8. The predicted molar refractivity (Wildman–Crippen MR) is 77.9 cm³/mol. The molecule has 1 saturated carbocycles. The third kappa shape index (κ3) is 2.37. The van der Waals surface area contributed by atoms with Gasteiger partial charge in [0.05, 0.1) is 0 Å². The Morgan fingerprint density at radius 3 is 2.85 bits per heavy atom. The van der Waals surface area contributed by atoms with Crippen molar-refractivity contribution in [1.82, 2.24) is 5.32 Å². The van der Waals surface area contributed by atoms with Gasteiger partial charge in [-0.2, -0.15) is 0 Å². The highest BCUT2D eigenvalue weighted by Crippen LogP contribution is 2.34. The molecule has 1 fully saturated rings. The van der Waals surface area contributed by atoms with Gasteiger partial charge in [-0.05, 0) is 43.2 Å². The van der Waals surface area contributed by atoms with Crippen LogP contribution in [0, 0.1) is 11.8 Å². The van der Waals surface area contributed by atoms with Crippen LogP contribution < -0.4 is 5.32 Å². The van der Waals surface area contributed by atoms with E-state index >= 15 is 0 Å². The fourth-order valence-electron chi connectivity index (χ4n) is 3.48. The smallest absolute Gasteiger partial charge is 0.251 e. The Kier molecular flexibility index (Phi) is 3.60. The van der Waals surface area contributed by atoms with Gasteiger partial charge in [-0.15, -0.1) is 0 Å². The second kappa shape index (κ2) is 5.39. The Morgan fingerprint density at radius 2 is 2.10 bits per heavy atom. The number of hydrogen-bond acceptors (Lipinski definition) is 2. The molecule has 0 saturated heterocycles. The second-order valence-electron chi connectivity index (χ2n) is 6.11. The number of rotatable bonds is 2. The number of nitrogens with one attached hydrogen (secondary N) is 1. The fraction of sp³-hybridized carbons (Fsp3) is 0.529. The van der Waals surface area contributed by atoms with E-state index in [4.69, 9.17) is 0 Å². The Bertz CT molecular complexity index is 550. The van der Waals surface area contributed by atoms with Crippen LogP contribution in [0.25, 0.3) is 0 Å². The number of ketones is 1. The second-order valence-corrected chi connectivity index (χ2v) is 6.11. The van der Waals surface area contributed by atoms with Crippen molar-refractivity contribution in [3.63, 3.8) is 0 Å². The van der Waals surface area contributed by atoms with Crippen LogP contribution in [0.5, 0.6) is 0 Å². The lowest BCUT2D eigenvalue weighted by Crippen LogP contribution is -2.23. The van der Waals surface area contributed by atoms with Crippen LogP contribution in [0.4, 0.5) is 0 Å². The van der Waals surface area contributed by atoms with Crippen LogP contribution in [0.15, 0.2) is 18.2 Å². The van der Waals surface area contributed by atoms with E-state index < -0.39 is 0 Å². The first-order valence-corrected chi connectivity index (χ1v) is 7.62. The lowest BCUT2D eigenvalue weighted by Gasteiger charge is -2.15. The maximum absolute atomic E-state index is 12.6. The highest BCUT2D eigenvalue weighted by atomic mass is 16.1. The van der Waals surface area contributed by atoms with Crippen molar-refractivity contribution in [2.75, 3.05) is 6.54 Å². The zero-order valence-electron chi connectivity index (χ0n) is 11.9. The zero-order valence-corrected chi connectivity index (χ0v) is 11.9. The molecule has 1 amide bonds. The van der Waals surface area contributed by atoms with E-state index in [1.165, 1.54) is 0 Å². The minimum Gasteiger partial charge on any atom is -0.352 e. The van der Waals surface area contributed by atoms with Crippen LogP contribution in [-0.4, -0.2) is 18.2 Å². The van der Waals surface area contributed by atoms with Gasteiger partial charge in [0.1, 0.15) is 0 Å². The molecule has 0 radical (unpaired) electrons. The van der Waals surface area contributed by atoms with Gasteiger partial charge in [-0.1, -0.05) is 25.5 Å². The number of hydrogen-bond donors (Lipinski definition) is 1. The van der Waals surface area contributed by atoms with Crippen molar-refractivity contribution in [1.29, 1.82) is 0 Å². The summed E-state index contributed by atoms with van der Waals surface area (Å²) in [4.78, 5) is 24.6. The molecule has 1 aliphatic carbocycles. The standard InChI is InChI=1S/C17H21NO2/c1-11-4-2-6-14(11)16(19)13-8-7-12-5-3-9-18-17(20)15(12)10-13/h7-8,10-11,14H,2-6,9H2,1H3,(H,18,20). The summed E-state index contributed by atoms with van der Waals surface area (Å²) in [5.74, 6) is 0.790. The Morgan fingerprint density at radius 1 is 1.25 bits per heavy atom. The van der Waals surface area contributed by atoms with Crippen molar-refractivity contribution < 1.29 is 9.59 Å². The molecule has 1 aliphatic heterocycles. The summed E-state index contributed by atoms with van der Waals surface area (Å²) in [6.07, 6.45) is 5.14. The quantitative estimate of drug-likeness (QED) is 0.841. The Labute approximate surface area is 119 Å². The topological polar surface area (TPSA) is 46.2 Å². The molecule has 1 heterocycles. The van der Waals surface area contributed by atoms with Gasteiger partial charge in [-0.3, -0.25) is 9.59 Å². The number of aryl methyl sites for hydroxylation is 1. The van der Waals surface area contributed by atoms with Gasteiger partial charge in [0.2, 0.25) is 0 Å². The number of carbonyl (C=O) groups excluding carboxylic acids is 2. The summed E-state index contributed by atoms with van der Waals surface area (Å²) in [7, 11) is 0. The zero-order chi connectivity index (χ0) is 14.1. The number of amides is 1. The van der Waals surface area contributed by atoms with E-state index in [1.807, 2.05) is 18.2 Å². The molecule has 0 spiro atoms. The summed E-state index contributed by atoms with van der Waals surface area (Å²) < 4.78 is 0. The largest absolute Gasteiger partial charge is 0.352 e. The summed E-state index contributed by atoms with van der Waals surface area (Å²) in [6.45, 7) is 2.88. The molecule has 1 N–H and O–H groups in total. The van der Waals surface area contributed by atoms with Crippen molar-refractivity contribution in [3.05, 3.63) is 34.9 Å². The molecule has 3 nitrogen and oxygen atoms in total. The predicted octanol–water partition coefficient (Wildman–Crippen LogP) is 2.98. The fourth-order valence-corrected chi connectivity index (χ4v) is 3.48. The summed E-state index contributed by atoms with van der Waals surface area (Å²) in [5.41, 5.74) is 2.47. The minimum absolute atomic E-state index is 0.0355. The van der Waals surface area contributed by atoms with Gasteiger partial charge in [0.25, 0.3) is 5.91 Å². The molecular formula is C17H21NO2. The summed E-state index contributed by atoms with van der Waals surface area (Å²) in [5, 5.41) is 2.89. The average molecular weight is 271 g/mol. The third-order valence-corrected chi connectivity index (χ3v) is 4.75. The maximum Gasteiger partial charge on any atom is 0.251 e. The number of Topliss-reactive ketones (excluding diaryl/α,β-unsaturated/α-hetero) is 1. The van der Waals surface area contributed by atoms with E-state index in [0.29, 0.717) is 17.0 Å². The molecular weight excluding hydrogens is 250 g/mol. The van der Waals surface area contributed by atoms with E-state index in [9.17, 15) is 9.59 Å². The molecule has 2 unspecified atom stereocenters. The highest BCUT2D eigenvalue weighted by Gasteiger charge is 2.30. The lowest BCUT2D eigenvalue weighted by molar-refractivity contribution is 0.0897. The first-order valence-electron chi connectivity index (χ1n) is 7.62. The summed E-state index contributed by atoms with van der Waals surface area (Å²) >= 11 is 0. The Hall–Kier alpha value is -1.64. The van der Waals surface area contributed by atoms with Crippen LogP contribution in [0.2, 0.25) is 0 Å². The van der Waals surface area contributed by atoms with Crippen LogP contribution in [0.1, 0.15) is 58.9 Å². The van der Waals surface area contributed by atoms with Gasteiger partial charge >= 0.3 is 0 Å². The minimum atomic E-state index is -0.0355. The SMILES string of the molecule is CC1CCCC1C(=O)c1ccc2c(c1)C(=O)NCCC2. The maximum atomic E-state index is 12.6. The summed E-state index contributed by atoms with van der Waals surface area (Å²) in [6, 6.07) is 5.68. The molecule has 20 heavy (non-hydrogen) atoms. The molecule has 1 aromatic carbocycles. The van der Waals surface area contributed by atoms with E-state index in [0.717, 1.165) is 44.2 Å². The van der Waals surface area contributed by atoms with Gasteiger partial charge in [0, 0.05) is 23.6 Å². The molecule has 1 aromatic rings. The molecule has 3 rings (SSSR count). The van der Waals surface area contributed by atoms with Crippen LogP contribution in [0.3, 0.4) is 0 Å². The lowest BCUT2D eigenvalue weighted by atomic mass is 9.88. The van der Waals surface area contributed by atoms with E-state index in [2.05, 4.69) is 12.2 Å². The van der Waals surface area contributed by atoms with E-state index in [-0.39, 0.29) is 17.6 Å². The van der Waals surface area contributed by atoms with Crippen molar-refractivity contribution in [2.24, 2.45) is 11.8 Å². The highest BCUT2D eigenvalue weighted by molar-refractivity contribution is 6.02. The van der Waals surface area contributed by atoms with Crippen molar-refractivity contribution in [2.45, 2.75) is 39.0 Å². The molecule has 0 bridgehead atoms. The van der Waals surface area contributed by atoms with Crippen molar-refractivity contribution >= 4 is 11.7 Å². The third-order valence-electron chi connectivity index (χ3n) is 4.75. The van der Waals surface area contributed by atoms with Crippen molar-refractivity contribution in [3.8, 4) is 0 Å². The molecule has 3 heteroatoms. The number of carbonyl (C=O) groups is 2. The van der Waals surface area contributed by atoms with Crippen LogP contribution >= 0.6 is 0 Å². The van der Waals surface area contributed by atoms with Gasteiger partial charge < -0.3 is 5.32 Å². The monoisotopic (exact) mass is 271 g/mol. The van der Waals surface area contributed by atoms with Gasteiger partial charge in [-0.25, -0.2) is 0 Å². The number of benzene rings is 1. The first-order chi connectivity index (χ1) is 9.66. The molecule has 2 aliphatic rings.